The highest BCUT2D eigenvalue weighted by Gasteiger charge is 2.16. The van der Waals surface area contributed by atoms with Crippen molar-refractivity contribution >= 4 is 22.5 Å². The second kappa shape index (κ2) is 4.55. The number of para-hydroxylation sites is 1. The van der Waals surface area contributed by atoms with Crippen molar-refractivity contribution in [3.63, 3.8) is 0 Å². The van der Waals surface area contributed by atoms with Crippen molar-refractivity contribution in [1.82, 2.24) is 9.97 Å². The van der Waals surface area contributed by atoms with E-state index in [9.17, 15) is 8.78 Å². The average Bonchev–Trinajstić information content (AvgIpc) is 2.38. The molecule has 1 heterocycles. The molecule has 0 aliphatic carbocycles. The number of fused-ring (bicyclic) bond motifs is 1. The summed E-state index contributed by atoms with van der Waals surface area (Å²) in [6, 6.07) is 10.6. The van der Waals surface area contributed by atoms with E-state index in [-0.39, 0.29) is 16.5 Å². The molecule has 0 saturated carbocycles. The Labute approximate surface area is 112 Å². The number of aromatic nitrogens is 2. The second-order valence-electron chi connectivity index (χ2n) is 3.96. The van der Waals surface area contributed by atoms with Crippen molar-refractivity contribution in [2.24, 2.45) is 0 Å². The fourth-order valence-corrected chi connectivity index (χ4v) is 2.14. The van der Waals surface area contributed by atoms with E-state index >= 15 is 0 Å². The molecule has 0 unspecified atom stereocenters. The van der Waals surface area contributed by atoms with Crippen molar-refractivity contribution in [2.75, 3.05) is 0 Å². The zero-order chi connectivity index (χ0) is 13.4. The molecule has 2 aromatic carbocycles. The van der Waals surface area contributed by atoms with Crippen molar-refractivity contribution in [1.29, 1.82) is 0 Å². The Morgan fingerprint density at radius 2 is 1.53 bits per heavy atom. The van der Waals surface area contributed by atoms with Crippen LogP contribution in [0.1, 0.15) is 0 Å². The monoisotopic (exact) mass is 276 g/mol. The predicted molar refractivity (Wildman–Crippen MR) is 69.9 cm³/mol. The molecule has 1 aromatic heterocycles. The quantitative estimate of drug-likeness (QED) is 0.622. The molecule has 5 heteroatoms. The lowest BCUT2D eigenvalue weighted by molar-refractivity contribution is 0.589. The van der Waals surface area contributed by atoms with Crippen LogP contribution in [0.4, 0.5) is 8.78 Å². The molecule has 0 fully saturated rings. The van der Waals surface area contributed by atoms with Gasteiger partial charge in [0.1, 0.15) is 11.6 Å². The third-order valence-corrected chi connectivity index (χ3v) is 2.94. The number of hydrogen-bond acceptors (Lipinski definition) is 2. The van der Waals surface area contributed by atoms with Crippen LogP contribution in [-0.4, -0.2) is 9.97 Å². The van der Waals surface area contributed by atoms with Crippen LogP contribution in [0.2, 0.25) is 5.28 Å². The second-order valence-corrected chi connectivity index (χ2v) is 4.29. The molecule has 0 spiro atoms. The van der Waals surface area contributed by atoms with Gasteiger partial charge < -0.3 is 0 Å². The SMILES string of the molecule is Fc1cccc(F)c1-c1nc(Cl)nc2ccccc12. The molecule has 0 aliphatic heterocycles. The Morgan fingerprint density at radius 3 is 2.26 bits per heavy atom. The largest absolute Gasteiger partial charge is 0.223 e. The van der Waals surface area contributed by atoms with Crippen LogP contribution in [0.15, 0.2) is 42.5 Å². The third-order valence-electron chi connectivity index (χ3n) is 2.78. The maximum Gasteiger partial charge on any atom is 0.223 e. The van der Waals surface area contributed by atoms with Gasteiger partial charge in [-0.05, 0) is 29.8 Å². The van der Waals surface area contributed by atoms with Gasteiger partial charge in [0.15, 0.2) is 0 Å². The van der Waals surface area contributed by atoms with Gasteiger partial charge in [0.25, 0.3) is 0 Å². The zero-order valence-electron chi connectivity index (χ0n) is 9.57. The molecule has 3 aromatic rings. The number of benzene rings is 2. The highest BCUT2D eigenvalue weighted by molar-refractivity contribution is 6.28. The van der Waals surface area contributed by atoms with Crippen LogP contribution in [0.5, 0.6) is 0 Å². The van der Waals surface area contributed by atoms with Gasteiger partial charge in [-0.15, -0.1) is 0 Å². The summed E-state index contributed by atoms with van der Waals surface area (Å²) in [5.41, 5.74) is 0.509. The number of rotatable bonds is 1. The molecule has 0 bridgehead atoms. The minimum atomic E-state index is -0.681. The molecule has 0 atom stereocenters. The van der Waals surface area contributed by atoms with Crippen LogP contribution < -0.4 is 0 Å². The van der Waals surface area contributed by atoms with E-state index in [1.807, 2.05) is 0 Å². The van der Waals surface area contributed by atoms with E-state index in [2.05, 4.69) is 9.97 Å². The fraction of sp³-hybridized carbons (Fsp3) is 0. The summed E-state index contributed by atoms with van der Waals surface area (Å²) < 4.78 is 27.7. The minimum absolute atomic E-state index is 0.0450. The maximum absolute atomic E-state index is 13.9. The van der Waals surface area contributed by atoms with Crippen LogP contribution in [0.3, 0.4) is 0 Å². The fourth-order valence-electron chi connectivity index (χ4n) is 1.96. The van der Waals surface area contributed by atoms with E-state index in [1.54, 1.807) is 24.3 Å². The van der Waals surface area contributed by atoms with Gasteiger partial charge >= 0.3 is 0 Å². The Bertz CT molecular complexity index is 754. The van der Waals surface area contributed by atoms with Crippen LogP contribution in [0, 0.1) is 11.6 Å². The Balaban J connectivity index is 2.43. The summed E-state index contributed by atoms with van der Waals surface area (Å²) in [5.74, 6) is -1.36. The summed E-state index contributed by atoms with van der Waals surface area (Å²) in [6.45, 7) is 0. The van der Waals surface area contributed by atoms with Gasteiger partial charge in [0.2, 0.25) is 5.28 Å². The molecule has 94 valence electrons. The van der Waals surface area contributed by atoms with Crippen molar-refractivity contribution < 1.29 is 8.78 Å². The van der Waals surface area contributed by atoms with E-state index < -0.39 is 11.6 Å². The first-order valence-electron chi connectivity index (χ1n) is 5.53. The van der Waals surface area contributed by atoms with Crippen LogP contribution >= 0.6 is 11.6 Å². The summed E-state index contributed by atoms with van der Waals surface area (Å²) in [7, 11) is 0. The average molecular weight is 277 g/mol. The molecule has 0 aliphatic rings. The summed E-state index contributed by atoms with van der Waals surface area (Å²) in [5, 5.41) is 0.507. The van der Waals surface area contributed by atoms with Crippen LogP contribution in [0.25, 0.3) is 22.2 Å². The smallest absolute Gasteiger partial charge is 0.218 e. The predicted octanol–water partition coefficient (Wildman–Crippen LogP) is 4.23. The standard InChI is InChI=1S/C14H7ClF2N2/c15-14-18-11-7-2-1-4-8(11)13(19-14)12-9(16)5-3-6-10(12)17/h1-7H. The number of nitrogens with zero attached hydrogens (tertiary/aromatic N) is 2. The van der Waals surface area contributed by atoms with Crippen LogP contribution in [-0.2, 0) is 0 Å². The summed E-state index contributed by atoms with van der Waals surface area (Å²) in [4.78, 5) is 8.00. The van der Waals surface area contributed by atoms with E-state index in [0.29, 0.717) is 10.9 Å². The Kier molecular flexibility index (Phi) is 2.87. The lowest BCUT2D eigenvalue weighted by atomic mass is 10.1. The number of hydrogen-bond donors (Lipinski definition) is 0. The van der Waals surface area contributed by atoms with E-state index in [0.717, 1.165) is 0 Å². The molecule has 0 saturated heterocycles. The first kappa shape index (κ1) is 12.0. The lowest BCUT2D eigenvalue weighted by Crippen LogP contribution is -1.96. The molecule has 0 N–H and O–H groups in total. The zero-order valence-corrected chi connectivity index (χ0v) is 10.3. The molecule has 3 rings (SSSR count). The third kappa shape index (κ3) is 2.04. The van der Waals surface area contributed by atoms with Crippen molar-refractivity contribution in [2.45, 2.75) is 0 Å². The molecule has 19 heavy (non-hydrogen) atoms. The molecule has 2 nitrogen and oxygen atoms in total. The summed E-state index contributed by atoms with van der Waals surface area (Å²) >= 11 is 5.81. The normalized spacial score (nSPS) is 10.9. The molecule has 0 radical (unpaired) electrons. The van der Waals surface area contributed by atoms with Crippen molar-refractivity contribution in [3.8, 4) is 11.3 Å². The Hall–Kier alpha value is -2.07. The van der Waals surface area contributed by atoms with Gasteiger partial charge in [-0.1, -0.05) is 24.3 Å². The molecular formula is C14H7ClF2N2. The van der Waals surface area contributed by atoms with E-state index in [1.165, 1.54) is 18.2 Å². The lowest BCUT2D eigenvalue weighted by Gasteiger charge is -2.08. The van der Waals surface area contributed by atoms with Gasteiger partial charge in [0, 0.05) is 5.39 Å². The van der Waals surface area contributed by atoms with Gasteiger partial charge in [-0.25, -0.2) is 18.7 Å². The highest BCUT2D eigenvalue weighted by Crippen LogP contribution is 2.30. The molecule has 0 amide bonds. The highest BCUT2D eigenvalue weighted by atomic mass is 35.5. The van der Waals surface area contributed by atoms with Gasteiger partial charge in [-0.2, -0.15) is 0 Å². The van der Waals surface area contributed by atoms with Gasteiger partial charge in [-0.3, -0.25) is 0 Å². The van der Waals surface area contributed by atoms with Gasteiger partial charge in [0.05, 0.1) is 16.8 Å². The summed E-state index contributed by atoms with van der Waals surface area (Å²) in [6.07, 6.45) is 0. The number of halogens is 3. The first-order valence-corrected chi connectivity index (χ1v) is 5.91. The van der Waals surface area contributed by atoms with E-state index in [4.69, 9.17) is 11.6 Å². The maximum atomic E-state index is 13.9. The van der Waals surface area contributed by atoms with Crippen molar-refractivity contribution in [3.05, 3.63) is 59.4 Å². The first-order chi connectivity index (χ1) is 9.16. The Morgan fingerprint density at radius 1 is 0.842 bits per heavy atom. The topological polar surface area (TPSA) is 25.8 Å². The minimum Gasteiger partial charge on any atom is -0.218 e. The molecular weight excluding hydrogens is 270 g/mol.